The SMILES string of the molecule is CC(=O)OC[C@@H](OC(C)=O)[C@@H]1O[C@@H](S(=O)c2ccccc2)[C@H](OC(C)=O)[C@H]1OC(C)=O. The molecule has 0 spiro atoms. The first-order valence-electron chi connectivity index (χ1n) is 9.36. The fourth-order valence-electron chi connectivity index (χ4n) is 3.06. The lowest BCUT2D eigenvalue weighted by atomic mass is 10.1. The number of hydrogen-bond donors (Lipinski definition) is 0. The first-order chi connectivity index (χ1) is 14.6. The van der Waals surface area contributed by atoms with E-state index in [9.17, 15) is 23.4 Å². The normalized spacial score (nSPS) is 24.5. The van der Waals surface area contributed by atoms with Crippen molar-refractivity contribution in [3.8, 4) is 0 Å². The molecular formula is C20H24O10S. The molecule has 0 aromatic heterocycles. The summed E-state index contributed by atoms with van der Waals surface area (Å²) in [6, 6.07) is 8.28. The second kappa shape index (κ2) is 11.0. The molecule has 1 saturated heterocycles. The van der Waals surface area contributed by atoms with Crippen LogP contribution in [-0.2, 0) is 53.7 Å². The zero-order valence-electron chi connectivity index (χ0n) is 17.5. The summed E-state index contributed by atoms with van der Waals surface area (Å²) < 4.78 is 39.8. The van der Waals surface area contributed by atoms with E-state index in [0.717, 1.165) is 20.8 Å². The molecule has 1 aliphatic heterocycles. The molecule has 1 heterocycles. The van der Waals surface area contributed by atoms with Crippen LogP contribution in [0.4, 0.5) is 0 Å². The molecule has 1 aliphatic rings. The molecule has 0 amide bonds. The van der Waals surface area contributed by atoms with Crippen molar-refractivity contribution in [3.05, 3.63) is 30.3 Å². The smallest absolute Gasteiger partial charge is 0.303 e. The summed E-state index contributed by atoms with van der Waals surface area (Å²) >= 11 is 0. The minimum atomic E-state index is -1.84. The topological polar surface area (TPSA) is 132 Å². The first kappa shape index (κ1) is 24.5. The predicted molar refractivity (Wildman–Crippen MR) is 105 cm³/mol. The van der Waals surface area contributed by atoms with Gasteiger partial charge in [-0.2, -0.15) is 0 Å². The molecule has 0 saturated carbocycles. The van der Waals surface area contributed by atoms with E-state index in [4.69, 9.17) is 23.7 Å². The summed E-state index contributed by atoms with van der Waals surface area (Å²) in [6.07, 6.45) is -4.95. The van der Waals surface area contributed by atoms with Gasteiger partial charge in [0.15, 0.2) is 23.7 Å². The number of esters is 4. The molecule has 6 atom stereocenters. The first-order valence-corrected chi connectivity index (χ1v) is 10.6. The number of carbonyl (C=O) groups is 4. The van der Waals surface area contributed by atoms with E-state index in [0.29, 0.717) is 4.90 Å². The molecule has 1 fully saturated rings. The van der Waals surface area contributed by atoms with Gasteiger partial charge in [-0.05, 0) is 12.1 Å². The van der Waals surface area contributed by atoms with E-state index in [-0.39, 0.29) is 0 Å². The van der Waals surface area contributed by atoms with Crippen LogP contribution in [0.1, 0.15) is 27.7 Å². The fourth-order valence-corrected chi connectivity index (χ4v) is 4.44. The van der Waals surface area contributed by atoms with Gasteiger partial charge in [0.25, 0.3) is 0 Å². The molecule has 11 heteroatoms. The molecule has 0 radical (unpaired) electrons. The Morgan fingerprint density at radius 3 is 2.00 bits per heavy atom. The van der Waals surface area contributed by atoms with Gasteiger partial charge in [-0.3, -0.25) is 23.4 Å². The average Bonchev–Trinajstić information content (AvgIpc) is 3.01. The van der Waals surface area contributed by atoms with Gasteiger partial charge in [0.1, 0.15) is 12.7 Å². The Morgan fingerprint density at radius 1 is 0.903 bits per heavy atom. The number of carbonyl (C=O) groups excluding carboxylic acids is 4. The molecule has 0 aliphatic carbocycles. The van der Waals surface area contributed by atoms with Crippen LogP contribution in [0.25, 0.3) is 0 Å². The van der Waals surface area contributed by atoms with Gasteiger partial charge in [-0.15, -0.1) is 0 Å². The number of hydrogen-bond acceptors (Lipinski definition) is 10. The zero-order chi connectivity index (χ0) is 23.1. The third-order valence-corrected chi connectivity index (χ3v) is 5.67. The van der Waals surface area contributed by atoms with Crippen molar-refractivity contribution in [2.75, 3.05) is 6.61 Å². The maximum absolute atomic E-state index is 13.2. The van der Waals surface area contributed by atoms with Crippen LogP contribution in [0.2, 0.25) is 0 Å². The second-order valence-electron chi connectivity index (χ2n) is 6.68. The van der Waals surface area contributed by atoms with E-state index in [1.807, 2.05) is 0 Å². The molecule has 31 heavy (non-hydrogen) atoms. The minimum absolute atomic E-state index is 0.385. The molecular weight excluding hydrogens is 432 g/mol. The van der Waals surface area contributed by atoms with Gasteiger partial charge in [-0.1, -0.05) is 18.2 Å². The maximum Gasteiger partial charge on any atom is 0.303 e. The van der Waals surface area contributed by atoms with Gasteiger partial charge < -0.3 is 23.7 Å². The van der Waals surface area contributed by atoms with Crippen LogP contribution < -0.4 is 0 Å². The molecule has 1 aromatic carbocycles. The van der Waals surface area contributed by atoms with Crippen LogP contribution in [0.15, 0.2) is 35.2 Å². The van der Waals surface area contributed by atoms with Gasteiger partial charge >= 0.3 is 23.9 Å². The van der Waals surface area contributed by atoms with Gasteiger partial charge in [0.2, 0.25) is 0 Å². The van der Waals surface area contributed by atoms with Crippen molar-refractivity contribution in [3.63, 3.8) is 0 Å². The highest BCUT2D eigenvalue weighted by atomic mass is 32.2. The monoisotopic (exact) mass is 456 g/mol. The summed E-state index contributed by atoms with van der Waals surface area (Å²) in [5.41, 5.74) is -1.24. The van der Waals surface area contributed by atoms with Crippen LogP contribution >= 0.6 is 0 Å². The lowest BCUT2D eigenvalue weighted by Gasteiger charge is -2.27. The van der Waals surface area contributed by atoms with Gasteiger partial charge in [0.05, 0.1) is 10.8 Å². The Kier molecular flexibility index (Phi) is 8.69. The summed E-state index contributed by atoms with van der Waals surface area (Å²) in [5.74, 6) is -2.79. The predicted octanol–water partition coefficient (Wildman–Crippen LogP) is 0.877. The maximum atomic E-state index is 13.2. The van der Waals surface area contributed by atoms with E-state index in [2.05, 4.69) is 0 Å². The van der Waals surface area contributed by atoms with E-state index < -0.39 is 71.1 Å². The van der Waals surface area contributed by atoms with Crippen molar-refractivity contribution in [1.29, 1.82) is 0 Å². The second-order valence-corrected chi connectivity index (χ2v) is 8.21. The lowest BCUT2D eigenvalue weighted by Crippen LogP contribution is -2.47. The third kappa shape index (κ3) is 6.86. The Labute approximate surface area is 181 Å². The quantitative estimate of drug-likeness (QED) is 0.410. The van der Waals surface area contributed by atoms with Gasteiger partial charge in [-0.25, -0.2) is 0 Å². The van der Waals surface area contributed by atoms with Crippen molar-refractivity contribution < 1.29 is 47.1 Å². The van der Waals surface area contributed by atoms with Crippen molar-refractivity contribution in [2.24, 2.45) is 0 Å². The average molecular weight is 456 g/mol. The number of rotatable bonds is 8. The van der Waals surface area contributed by atoms with E-state index in [1.54, 1.807) is 30.3 Å². The fraction of sp³-hybridized carbons (Fsp3) is 0.500. The molecule has 0 bridgehead atoms. The standard InChI is InChI=1S/C20H24O10S/c1-11(21)26-10-16(27-12(2)22)17-18(28-13(3)23)19(29-14(4)24)20(30-17)31(25)15-8-6-5-7-9-15/h5-9,16-20H,10H2,1-4H3/t16-,17+,18+,19-,20+,31?/m1/s1. The molecule has 1 unspecified atom stereocenters. The summed E-state index contributed by atoms with van der Waals surface area (Å²) in [4.78, 5) is 46.7. The number of ether oxygens (including phenoxy) is 5. The zero-order valence-corrected chi connectivity index (χ0v) is 18.3. The van der Waals surface area contributed by atoms with Crippen LogP contribution in [0, 0.1) is 0 Å². The molecule has 170 valence electrons. The lowest BCUT2D eigenvalue weighted by molar-refractivity contribution is -0.176. The van der Waals surface area contributed by atoms with Crippen LogP contribution in [0.3, 0.4) is 0 Å². The van der Waals surface area contributed by atoms with Crippen molar-refractivity contribution in [1.82, 2.24) is 0 Å². The minimum Gasteiger partial charge on any atom is -0.462 e. The largest absolute Gasteiger partial charge is 0.462 e. The van der Waals surface area contributed by atoms with Crippen molar-refractivity contribution in [2.45, 2.75) is 62.4 Å². The highest BCUT2D eigenvalue weighted by molar-refractivity contribution is 7.85. The Hall–Kier alpha value is -2.79. The van der Waals surface area contributed by atoms with E-state index >= 15 is 0 Å². The summed E-state index contributed by atoms with van der Waals surface area (Å²) in [6.45, 7) is 4.17. The third-order valence-electron chi connectivity index (χ3n) is 4.13. The molecule has 1 aromatic rings. The molecule has 0 N–H and O–H groups in total. The van der Waals surface area contributed by atoms with Gasteiger partial charge in [0, 0.05) is 32.6 Å². The number of benzene rings is 1. The Balaban J connectivity index is 2.44. The van der Waals surface area contributed by atoms with Crippen LogP contribution in [-0.4, -0.2) is 64.5 Å². The molecule has 10 nitrogen and oxygen atoms in total. The highest BCUT2D eigenvalue weighted by Crippen LogP contribution is 2.34. The molecule has 2 rings (SSSR count). The highest BCUT2D eigenvalue weighted by Gasteiger charge is 2.55. The Morgan fingerprint density at radius 2 is 1.48 bits per heavy atom. The van der Waals surface area contributed by atoms with E-state index in [1.165, 1.54) is 6.92 Å². The summed E-state index contributed by atoms with van der Waals surface area (Å²) in [7, 11) is -1.84. The Bertz CT molecular complexity index is 840. The van der Waals surface area contributed by atoms with Crippen LogP contribution in [0.5, 0.6) is 0 Å². The summed E-state index contributed by atoms with van der Waals surface area (Å²) in [5, 5.41) is 0. The van der Waals surface area contributed by atoms with Crippen molar-refractivity contribution >= 4 is 34.7 Å².